The van der Waals surface area contributed by atoms with Gasteiger partial charge in [-0.2, -0.15) is 9.97 Å². The molecule has 6 heterocycles. The molecule has 0 aliphatic carbocycles. The Labute approximate surface area is 266 Å². The van der Waals surface area contributed by atoms with E-state index in [0.29, 0.717) is 62.8 Å². The molecule has 18 nitrogen and oxygen atoms in total. The molecule has 4 aromatic heterocycles. The summed E-state index contributed by atoms with van der Waals surface area (Å²) in [6.07, 6.45) is 9.33. The maximum Gasteiger partial charge on any atom is 0.333 e. The third-order valence-electron chi connectivity index (χ3n) is 7.17. The van der Waals surface area contributed by atoms with Crippen LogP contribution in [0.4, 0.5) is 23.3 Å². The van der Waals surface area contributed by atoms with Crippen molar-refractivity contribution in [2.24, 2.45) is 0 Å². The first kappa shape index (κ1) is 35.4. The lowest BCUT2D eigenvalue weighted by Gasteiger charge is -2.33. The van der Waals surface area contributed by atoms with Gasteiger partial charge < -0.3 is 19.3 Å². The van der Waals surface area contributed by atoms with E-state index in [1.807, 2.05) is 23.6 Å². The third kappa shape index (κ3) is 7.40. The Balaban J connectivity index is 0.000000240. The van der Waals surface area contributed by atoms with Crippen molar-refractivity contribution < 1.29 is 19.3 Å². The number of aryl methyl sites for hydroxylation is 2. The fourth-order valence-corrected chi connectivity index (χ4v) is 4.94. The topological polar surface area (TPSA) is 198 Å². The second-order valence-corrected chi connectivity index (χ2v) is 10.3. The van der Waals surface area contributed by atoms with E-state index >= 15 is 0 Å². The first-order chi connectivity index (χ1) is 21.2. The first-order valence-corrected chi connectivity index (χ1v) is 13.9. The van der Waals surface area contributed by atoms with Crippen LogP contribution in [0, 0.1) is 34.1 Å². The minimum atomic E-state index is -0.461. The molecule has 0 N–H and O–H groups in total. The molecule has 0 unspecified atom stereocenters. The molecule has 18 heteroatoms. The average Bonchev–Trinajstić information content (AvgIpc) is 3.72. The predicted molar refractivity (Wildman–Crippen MR) is 170 cm³/mol. The number of ether oxygens (including phenoxy) is 2. The van der Waals surface area contributed by atoms with Gasteiger partial charge in [0.15, 0.2) is 0 Å². The smallest absolute Gasteiger partial charge is 0.333 e. The summed E-state index contributed by atoms with van der Waals surface area (Å²) in [5, 5.41) is 22.7. The molecule has 248 valence electrons. The van der Waals surface area contributed by atoms with Crippen molar-refractivity contribution in [2.75, 3.05) is 49.3 Å². The molecule has 2 aliphatic heterocycles. The minimum absolute atomic E-state index is 0. The number of aromatic nitrogens is 8. The second-order valence-electron chi connectivity index (χ2n) is 10.3. The maximum absolute atomic E-state index is 11.3. The van der Waals surface area contributed by atoms with Crippen molar-refractivity contribution in [3.63, 3.8) is 0 Å². The number of anilines is 2. The van der Waals surface area contributed by atoms with Crippen molar-refractivity contribution in [3.05, 3.63) is 69.1 Å². The van der Waals surface area contributed by atoms with Crippen molar-refractivity contribution >= 4 is 23.3 Å². The number of rotatable bonds is 6. The van der Waals surface area contributed by atoms with Gasteiger partial charge in [0.05, 0.1) is 48.4 Å². The van der Waals surface area contributed by atoms with E-state index in [2.05, 4.69) is 29.9 Å². The molecule has 4 aromatic rings. The highest BCUT2D eigenvalue weighted by atomic mass is 16.6. The standard InChI is InChI=1S/2C13H16N6O3.2CH4/c2*1-9-7-22-6-5-18(9)13-15-10(2)11(19(20)21)12(16-13)17-4-3-14-8-17;;/h2*3-4,8-9H,5-7H2,1-2H3;2*1H4/t2*9-;;/m00../s1. The van der Waals surface area contributed by atoms with E-state index in [1.165, 1.54) is 21.8 Å². The van der Waals surface area contributed by atoms with Gasteiger partial charge in [0.1, 0.15) is 24.0 Å². The van der Waals surface area contributed by atoms with Crippen LogP contribution in [0.15, 0.2) is 37.4 Å². The second kappa shape index (κ2) is 15.3. The van der Waals surface area contributed by atoms with Gasteiger partial charge in [-0.25, -0.2) is 19.9 Å². The Bertz CT molecular complexity index is 1500. The van der Waals surface area contributed by atoms with Crippen LogP contribution in [-0.2, 0) is 9.47 Å². The van der Waals surface area contributed by atoms with Crippen molar-refractivity contribution in [1.82, 2.24) is 39.0 Å². The molecule has 0 radical (unpaired) electrons. The van der Waals surface area contributed by atoms with Crippen LogP contribution >= 0.6 is 0 Å². The Morgan fingerprint density at radius 2 is 1.11 bits per heavy atom. The Kier molecular flexibility index (Phi) is 11.7. The minimum Gasteiger partial charge on any atom is -0.377 e. The van der Waals surface area contributed by atoms with E-state index < -0.39 is 9.85 Å². The van der Waals surface area contributed by atoms with Crippen molar-refractivity contribution in [2.45, 2.75) is 54.6 Å². The zero-order chi connectivity index (χ0) is 31.4. The monoisotopic (exact) mass is 640 g/mol. The van der Waals surface area contributed by atoms with Gasteiger partial charge in [0.25, 0.3) is 0 Å². The van der Waals surface area contributed by atoms with E-state index in [9.17, 15) is 20.2 Å². The van der Waals surface area contributed by atoms with E-state index in [1.54, 1.807) is 38.6 Å². The van der Waals surface area contributed by atoms with Crippen LogP contribution in [0.25, 0.3) is 11.6 Å². The normalized spacial score (nSPS) is 17.7. The van der Waals surface area contributed by atoms with Gasteiger partial charge in [-0.1, -0.05) is 14.9 Å². The Hall–Kier alpha value is -5.10. The Morgan fingerprint density at radius 1 is 0.717 bits per heavy atom. The van der Waals surface area contributed by atoms with Crippen LogP contribution in [0.3, 0.4) is 0 Å². The van der Waals surface area contributed by atoms with Gasteiger partial charge in [0.2, 0.25) is 23.5 Å². The Morgan fingerprint density at radius 3 is 1.41 bits per heavy atom. The zero-order valence-electron chi connectivity index (χ0n) is 24.7. The summed E-state index contributed by atoms with van der Waals surface area (Å²) >= 11 is 0. The predicted octanol–water partition coefficient (Wildman–Crippen LogP) is 3.48. The summed E-state index contributed by atoms with van der Waals surface area (Å²) in [5.74, 6) is 1.40. The number of nitro groups is 2. The van der Waals surface area contributed by atoms with Gasteiger partial charge in [-0.05, 0) is 27.7 Å². The molecule has 0 aromatic carbocycles. The summed E-state index contributed by atoms with van der Waals surface area (Å²) in [4.78, 5) is 51.1. The number of nitrogens with zero attached hydrogens (tertiary/aromatic N) is 12. The number of morpholine rings is 2. The average molecular weight is 641 g/mol. The molecule has 0 bridgehead atoms. The maximum atomic E-state index is 11.3. The molecule has 2 aliphatic rings. The van der Waals surface area contributed by atoms with Crippen LogP contribution in [0.2, 0.25) is 0 Å². The lowest BCUT2D eigenvalue weighted by Crippen LogP contribution is -2.44. The fraction of sp³-hybridized carbons (Fsp3) is 0.500. The number of hydrogen-bond acceptors (Lipinski definition) is 14. The molecular weight excluding hydrogens is 600 g/mol. The summed E-state index contributed by atoms with van der Waals surface area (Å²) in [7, 11) is 0. The number of hydrogen-bond donors (Lipinski definition) is 0. The van der Waals surface area contributed by atoms with Crippen LogP contribution in [0.5, 0.6) is 0 Å². The molecule has 2 atom stereocenters. The summed E-state index contributed by atoms with van der Waals surface area (Å²) in [6, 6.07) is 0.232. The van der Waals surface area contributed by atoms with E-state index in [0.717, 1.165) is 0 Å². The summed E-state index contributed by atoms with van der Waals surface area (Å²) in [5.41, 5.74) is 0.445. The highest BCUT2D eigenvalue weighted by Crippen LogP contribution is 2.29. The largest absolute Gasteiger partial charge is 0.377 e. The van der Waals surface area contributed by atoms with Crippen LogP contribution in [0.1, 0.15) is 40.1 Å². The fourth-order valence-electron chi connectivity index (χ4n) is 4.94. The lowest BCUT2D eigenvalue weighted by atomic mass is 10.2. The van der Waals surface area contributed by atoms with Crippen LogP contribution < -0.4 is 9.80 Å². The third-order valence-corrected chi connectivity index (χ3v) is 7.17. The molecular formula is C28H40N12O6. The zero-order valence-corrected chi connectivity index (χ0v) is 24.7. The highest BCUT2D eigenvalue weighted by molar-refractivity contribution is 5.55. The van der Waals surface area contributed by atoms with Crippen molar-refractivity contribution in [1.29, 1.82) is 0 Å². The molecule has 0 spiro atoms. The first-order valence-electron chi connectivity index (χ1n) is 13.9. The molecule has 0 saturated carbocycles. The molecule has 2 saturated heterocycles. The molecule has 0 amide bonds. The highest BCUT2D eigenvalue weighted by Gasteiger charge is 2.29. The van der Waals surface area contributed by atoms with Crippen molar-refractivity contribution in [3.8, 4) is 11.6 Å². The van der Waals surface area contributed by atoms with Crippen LogP contribution in [-0.4, -0.2) is 100 Å². The molecule has 6 rings (SSSR count). The molecule has 46 heavy (non-hydrogen) atoms. The van der Waals surface area contributed by atoms with E-state index in [-0.39, 0.29) is 49.9 Å². The van der Waals surface area contributed by atoms with Gasteiger partial charge in [0, 0.05) is 37.9 Å². The SMILES string of the molecule is C.C.Cc1nc(N2CCOC[C@@H]2C)nc(-n2ccnc2)c1[N+](=O)[O-].Cc1nc(N2CCOC[C@@H]2C)nc(-n2ccnc2)c1[N+](=O)[O-]. The summed E-state index contributed by atoms with van der Waals surface area (Å²) < 4.78 is 13.9. The summed E-state index contributed by atoms with van der Waals surface area (Å²) in [6.45, 7) is 10.9. The molecule has 2 fully saturated rings. The van der Waals surface area contributed by atoms with Gasteiger partial charge >= 0.3 is 11.4 Å². The lowest BCUT2D eigenvalue weighted by molar-refractivity contribution is -0.385. The quantitative estimate of drug-likeness (QED) is 0.219. The number of imidazole rings is 2. The van der Waals surface area contributed by atoms with Gasteiger partial charge in [-0.3, -0.25) is 29.4 Å². The van der Waals surface area contributed by atoms with Gasteiger partial charge in [-0.15, -0.1) is 0 Å². The van der Waals surface area contributed by atoms with E-state index in [4.69, 9.17) is 9.47 Å².